The lowest BCUT2D eigenvalue weighted by Crippen LogP contribution is -2.05. The third-order valence-electron chi connectivity index (χ3n) is 2.38. The largest absolute Gasteiger partial charge is 0.466 e. The lowest BCUT2D eigenvalue weighted by molar-refractivity contribution is -0.144. The maximum Gasteiger partial charge on any atom is 0.306 e. The molecule has 0 aliphatic rings. The van der Waals surface area contributed by atoms with E-state index < -0.39 is 0 Å². The molecule has 0 aliphatic heterocycles. The van der Waals surface area contributed by atoms with Gasteiger partial charge in [0.25, 0.3) is 0 Å². The van der Waals surface area contributed by atoms with E-state index in [2.05, 4.69) is 23.7 Å². The average Bonchev–Trinajstić information content (AvgIpc) is 2.68. The van der Waals surface area contributed by atoms with Gasteiger partial charge in [-0.1, -0.05) is 0 Å². The fourth-order valence-electron chi connectivity index (χ4n) is 1.32. The van der Waals surface area contributed by atoms with Crippen LogP contribution in [0.1, 0.15) is 82.1 Å². The lowest BCUT2D eigenvalue weighted by Gasteiger charge is -1.97. The van der Waals surface area contributed by atoms with E-state index in [1.165, 1.54) is 34.6 Å². The molecule has 0 aromatic rings. The van der Waals surface area contributed by atoms with Gasteiger partial charge in [0.1, 0.15) is 5.78 Å². The number of hydrogen-bond acceptors (Lipinski definition) is 11. The molecular formula is C23H44O11. The van der Waals surface area contributed by atoms with E-state index in [1.54, 1.807) is 34.6 Å². The summed E-state index contributed by atoms with van der Waals surface area (Å²) in [6.45, 7) is 18.2. The van der Waals surface area contributed by atoms with Gasteiger partial charge in [-0.2, -0.15) is 0 Å². The zero-order valence-corrected chi connectivity index (χ0v) is 22.4. The summed E-state index contributed by atoms with van der Waals surface area (Å²) in [4.78, 5) is 60.2. The fourth-order valence-corrected chi connectivity index (χ4v) is 1.32. The summed E-state index contributed by atoms with van der Waals surface area (Å²) in [5.41, 5.74) is 0. The van der Waals surface area contributed by atoms with Crippen LogP contribution >= 0.6 is 0 Å². The summed E-state index contributed by atoms with van der Waals surface area (Å²) in [5.74, 6) is -1.12. The van der Waals surface area contributed by atoms with Crippen molar-refractivity contribution in [3.63, 3.8) is 0 Å². The molecule has 0 atom stereocenters. The first-order valence-corrected chi connectivity index (χ1v) is 10.9. The number of carbonyl (C=O) groups is 6. The van der Waals surface area contributed by atoms with Gasteiger partial charge in [-0.3, -0.25) is 24.0 Å². The van der Waals surface area contributed by atoms with Crippen LogP contribution in [0.3, 0.4) is 0 Å². The van der Waals surface area contributed by atoms with Crippen molar-refractivity contribution in [1.82, 2.24) is 0 Å². The van der Waals surface area contributed by atoms with E-state index in [-0.39, 0.29) is 42.1 Å². The molecule has 0 rings (SSSR count). The fraction of sp³-hybridized carbons (Fsp3) is 0.739. The highest BCUT2D eigenvalue weighted by Crippen LogP contribution is 1.92. The van der Waals surface area contributed by atoms with E-state index in [4.69, 9.17) is 0 Å². The summed E-state index contributed by atoms with van der Waals surface area (Å²) in [6.07, 6.45) is 0.502. The van der Waals surface area contributed by atoms with Crippen LogP contribution in [-0.4, -0.2) is 68.7 Å². The van der Waals surface area contributed by atoms with Crippen molar-refractivity contribution in [1.29, 1.82) is 0 Å². The molecule has 0 fully saturated rings. The van der Waals surface area contributed by atoms with E-state index in [0.717, 1.165) is 0 Å². The van der Waals surface area contributed by atoms with Crippen LogP contribution in [-0.2, 0) is 52.5 Å². The van der Waals surface area contributed by atoms with Crippen molar-refractivity contribution in [2.75, 3.05) is 33.0 Å². The average molecular weight is 497 g/mol. The molecule has 0 aliphatic carbocycles. The molecule has 0 heterocycles. The number of esters is 5. The number of ketones is 1. The maximum absolute atomic E-state index is 10.6. The molecule has 34 heavy (non-hydrogen) atoms. The first kappa shape index (κ1) is 41.3. The molecule has 11 nitrogen and oxygen atoms in total. The van der Waals surface area contributed by atoms with Gasteiger partial charge in [-0.25, -0.2) is 0 Å². The molecule has 0 N–H and O–H groups in total. The third-order valence-corrected chi connectivity index (χ3v) is 2.38. The van der Waals surface area contributed by atoms with E-state index in [1.807, 2.05) is 0 Å². The van der Waals surface area contributed by atoms with Gasteiger partial charge in [0.05, 0.1) is 39.5 Å². The van der Waals surface area contributed by atoms with Crippen molar-refractivity contribution in [3.8, 4) is 0 Å². The van der Waals surface area contributed by atoms with Crippen LogP contribution in [0.4, 0.5) is 0 Å². The number of rotatable bonds is 8. The van der Waals surface area contributed by atoms with Gasteiger partial charge < -0.3 is 28.5 Å². The predicted octanol–water partition coefficient (Wildman–Crippen LogP) is 3.20. The maximum atomic E-state index is 10.6. The van der Waals surface area contributed by atoms with Crippen LogP contribution < -0.4 is 0 Å². The summed E-state index contributed by atoms with van der Waals surface area (Å²) in [5, 5.41) is 0. The topological polar surface area (TPSA) is 149 Å². The van der Waals surface area contributed by atoms with Gasteiger partial charge in [0, 0.05) is 34.1 Å². The second-order valence-corrected chi connectivity index (χ2v) is 5.71. The Morgan fingerprint density at radius 2 is 0.647 bits per heavy atom. The van der Waals surface area contributed by atoms with Gasteiger partial charge >= 0.3 is 29.8 Å². The standard InChI is InChI=1S/C7H12O3.4C4H8O2/c1-3-10-7(9)5-4-6(2)8;4*1-3-6-4(2)5/h3-5H2,1-2H3;4*3H2,1-2H3. The predicted molar refractivity (Wildman–Crippen MR) is 126 cm³/mol. The quantitative estimate of drug-likeness (QED) is 0.360. The molecule has 0 unspecified atom stereocenters. The van der Waals surface area contributed by atoms with Crippen molar-refractivity contribution in [3.05, 3.63) is 0 Å². The molecule has 0 saturated heterocycles. The smallest absolute Gasteiger partial charge is 0.306 e. The van der Waals surface area contributed by atoms with Crippen LogP contribution in [0.25, 0.3) is 0 Å². The number of carbonyl (C=O) groups excluding carboxylic acids is 6. The summed E-state index contributed by atoms with van der Waals surface area (Å²) < 4.78 is 22.2. The summed E-state index contributed by atoms with van der Waals surface area (Å²) in [6, 6.07) is 0. The Morgan fingerprint density at radius 1 is 0.412 bits per heavy atom. The molecular weight excluding hydrogens is 452 g/mol. The van der Waals surface area contributed by atoms with Gasteiger partial charge in [-0.05, 0) is 41.5 Å². The third kappa shape index (κ3) is 78.7. The molecule has 202 valence electrons. The second kappa shape index (κ2) is 34.6. The molecule has 0 spiro atoms. The van der Waals surface area contributed by atoms with Crippen molar-refractivity contribution >= 4 is 35.6 Å². The monoisotopic (exact) mass is 496 g/mol. The normalized spacial score (nSPS) is 8.06. The van der Waals surface area contributed by atoms with Crippen LogP contribution in [0.15, 0.2) is 0 Å². The Bertz CT molecular complexity index is 479. The van der Waals surface area contributed by atoms with Crippen molar-refractivity contribution in [2.45, 2.75) is 82.1 Å². The minimum absolute atomic E-state index is 0.0213. The zero-order chi connectivity index (χ0) is 27.9. The highest BCUT2D eigenvalue weighted by Gasteiger charge is 2.02. The molecule has 0 aromatic carbocycles. The van der Waals surface area contributed by atoms with Gasteiger partial charge in [0.15, 0.2) is 0 Å². The molecule has 11 heteroatoms. The molecule has 0 amide bonds. The Kier molecular flexibility index (Phi) is 42.1. The molecule has 0 aromatic heterocycles. The lowest BCUT2D eigenvalue weighted by atomic mass is 10.2. The number of Topliss-reactive ketones (excluding diaryl/α,β-unsaturated/α-hetero) is 1. The van der Waals surface area contributed by atoms with Crippen molar-refractivity contribution < 1.29 is 52.5 Å². The van der Waals surface area contributed by atoms with Gasteiger partial charge in [0.2, 0.25) is 0 Å². The molecule has 0 saturated carbocycles. The van der Waals surface area contributed by atoms with Crippen LogP contribution in [0.2, 0.25) is 0 Å². The van der Waals surface area contributed by atoms with Crippen LogP contribution in [0.5, 0.6) is 0 Å². The summed E-state index contributed by atoms with van der Waals surface area (Å²) >= 11 is 0. The zero-order valence-electron chi connectivity index (χ0n) is 22.4. The highest BCUT2D eigenvalue weighted by atomic mass is 16.5. The minimum atomic E-state index is -0.294. The van der Waals surface area contributed by atoms with Crippen molar-refractivity contribution in [2.24, 2.45) is 0 Å². The van der Waals surface area contributed by atoms with E-state index >= 15 is 0 Å². The Balaban J connectivity index is -0.000000105. The molecule has 0 bridgehead atoms. The first-order chi connectivity index (χ1) is 15.7. The SMILES string of the molecule is CCOC(=O)CCC(C)=O.CCOC(C)=O.CCOC(C)=O.CCOC(C)=O.CCOC(C)=O. The second-order valence-electron chi connectivity index (χ2n) is 5.71. The van der Waals surface area contributed by atoms with E-state index in [0.29, 0.717) is 39.5 Å². The number of ether oxygens (including phenoxy) is 5. The van der Waals surface area contributed by atoms with Crippen LogP contribution in [0, 0.1) is 0 Å². The Morgan fingerprint density at radius 3 is 0.765 bits per heavy atom. The van der Waals surface area contributed by atoms with E-state index in [9.17, 15) is 28.8 Å². The van der Waals surface area contributed by atoms with Gasteiger partial charge in [-0.15, -0.1) is 0 Å². The summed E-state index contributed by atoms with van der Waals surface area (Å²) in [7, 11) is 0. The molecule has 0 radical (unpaired) electrons. The minimum Gasteiger partial charge on any atom is -0.466 e. The number of hydrogen-bond donors (Lipinski definition) is 0. The highest BCUT2D eigenvalue weighted by molar-refractivity contribution is 5.80. The first-order valence-electron chi connectivity index (χ1n) is 10.9. The Labute approximate surface area is 203 Å². The Hall–Kier alpha value is -2.98.